The third-order valence-electron chi connectivity index (χ3n) is 4.30. The van der Waals surface area contributed by atoms with Gasteiger partial charge in [-0.15, -0.1) is 0 Å². The van der Waals surface area contributed by atoms with Crippen molar-refractivity contribution in [2.24, 2.45) is 0 Å². The van der Waals surface area contributed by atoms with Crippen LogP contribution in [0.5, 0.6) is 23.0 Å². The van der Waals surface area contributed by atoms with Crippen LogP contribution in [0, 0.1) is 52.4 Å². The average Bonchev–Trinajstić information content (AvgIpc) is 2.80. The molecule has 0 bridgehead atoms. The molecule has 0 saturated heterocycles. The molecule has 0 aromatic heterocycles. The molecular weight excluding hydrogens is 516 g/mol. The van der Waals surface area contributed by atoms with E-state index in [4.69, 9.17) is 11.5 Å². The number of nitrogens with two attached hydrogens (primary N) is 2. The normalized spacial score (nSPS) is 11.7. The van der Waals surface area contributed by atoms with Crippen LogP contribution < -0.4 is 20.9 Å². The van der Waals surface area contributed by atoms with E-state index in [1.165, 1.54) is 0 Å². The van der Waals surface area contributed by atoms with Crippen LogP contribution in [0.1, 0.15) is 5.56 Å². The second kappa shape index (κ2) is 8.66. The monoisotopic (exact) mass is 522 g/mol. The summed E-state index contributed by atoms with van der Waals surface area (Å²) in [5.41, 5.74) is 4.17. The zero-order chi connectivity index (χ0) is 26.6. The lowest BCUT2D eigenvalue weighted by Crippen LogP contribution is -2.12. The van der Waals surface area contributed by atoms with E-state index < -0.39 is 98.5 Å². The Morgan fingerprint density at radius 3 is 1.34 bits per heavy atom. The molecule has 4 N–H and O–H groups in total. The SMILES string of the molecule is Nc1c(F)c(F)c(F)c(Oc2ccc(C(F)(F)F)c(Oc3c(F)c(N)c(F)c(F)c3F)c2F)c1F. The Bertz CT molecular complexity index is 1300. The van der Waals surface area contributed by atoms with Gasteiger partial charge in [0.25, 0.3) is 0 Å². The molecule has 188 valence electrons. The van der Waals surface area contributed by atoms with Gasteiger partial charge in [0.1, 0.15) is 16.9 Å². The van der Waals surface area contributed by atoms with Crippen molar-refractivity contribution in [2.75, 3.05) is 11.5 Å². The summed E-state index contributed by atoms with van der Waals surface area (Å²) in [5.74, 6) is -28.9. The number of rotatable bonds is 4. The van der Waals surface area contributed by atoms with Crippen molar-refractivity contribution < 1.29 is 62.2 Å². The highest BCUT2D eigenvalue weighted by Gasteiger charge is 2.39. The lowest BCUT2D eigenvalue weighted by atomic mass is 10.1. The van der Waals surface area contributed by atoms with Gasteiger partial charge in [-0.25, -0.2) is 26.3 Å². The highest BCUT2D eigenvalue weighted by molar-refractivity contribution is 5.54. The van der Waals surface area contributed by atoms with Crippen LogP contribution >= 0.6 is 0 Å². The van der Waals surface area contributed by atoms with Gasteiger partial charge in [0.05, 0.1) is 0 Å². The third kappa shape index (κ3) is 4.19. The summed E-state index contributed by atoms with van der Waals surface area (Å²) < 4.78 is 173. The van der Waals surface area contributed by atoms with Gasteiger partial charge in [-0.3, -0.25) is 0 Å². The van der Waals surface area contributed by atoms with E-state index in [9.17, 15) is 52.7 Å². The van der Waals surface area contributed by atoms with Gasteiger partial charge in [-0.05, 0) is 12.1 Å². The van der Waals surface area contributed by atoms with Crippen molar-refractivity contribution in [3.05, 3.63) is 70.1 Å². The van der Waals surface area contributed by atoms with Crippen molar-refractivity contribution >= 4 is 11.4 Å². The molecule has 4 nitrogen and oxygen atoms in total. The molecule has 0 amide bonds. The van der Waals surface area contributed by atoms with E-state index in [-0.39, 0.29) is 12.1 Å². The Kier molecular flexibility index (Phi) is 6.35. The minimum Gasteiger partial charge on any atom is -0.448 e. The average molecular weight is 522 g/mol. The van der Waals surface area contributed by atoms with Gasteiger partial charge in [-0.2, -0.15) is 26.3 Å². The number of anilines is 2. The summed E-state index contributed by atoms with van der Waals surface area (Å²) in [6.45, 7) is 0. The van der Waals surface area contributed by atoms with E-state index in [0.717, 1.165) is 0 Å². The van der Waals surface area contributed by atoms with Crippen molar-refractivity contribution in [3.63, 3.8) is 0 Å². The summed E-state index contributed by atoms with van der Waals surface area (Å²) in [6, 6.07) is -0.000486. The van der Waals surface area contributed by atoms with E-state index >= 15 is 0 Å². The molecule has 35 heavy (non-hydrogen) atoms. The number of ether oxygens (including phenoxy) is 2. The molecule has 0 radical (unpaired) electrons. The minimum absolute atomic E-state index is 0.0771. The molecule has 0 atom stereocenters. The number of halogens is 12. The highest BCUT2D eigenvalue weighted by Crippen LogP contribution is 2.46. The fourth-order valence-corrected chi connectivity index (χ4v) is 2.59. The van der Waals surface area contributed by atoms with Gasteiger partial charge in [0.15, 0.2) is 34.8 Å². The zero-order valence-electron chi connectivity index (χ0n) is 16.2. The first-order valence-corrected chi connectivity index (χ1v) is 8.57. The predicted molar refractivity (Wildman–Crippen MR) is 92.9 cm³/mol. The number of hydrogen-bond acceptors (Lipinski definition) is 4. The molecule has 0 unspecified atom stereocenters. The molecule has 0 saturated carbocycles. The predicted octanol–water partition coefficient (Wildman–Crippen LogP) is 6.71. The summed E-state index contributed by atoms with van der Waals surface area (Å²) in [4.78, 5) is 0. The maximum absolute atomic E-state index is 14.9. The zero-order valence-corrected chi connectivity index (χ0v) is 16.2. The fourth-order valence-electron chi connectivity index (χ4n) is 2.59. The maximum Gasteiger partial charge on any atom is 0.420 e. The van der Waals surface area contributed by atoms with Crippen LogP contribution in [0.25, 0.3) is 0 Å². The van der Waals surface area contributed by atoms with E-state index in [1.807, 2.05) is 0 Å². The second-order valence-corrected chi connectivity index (χ2v) is 6.45. The van der Waals surface area contributed by atoms with Gasteiger partial charge in [0, 0.05) is 0 Å². The fraction of sp³-hybridized carbons (Fsp3) is 0.0526. The van der Waals surface area contributed by atoms with Crippen molar-refractivity contribution in [2.45, 2.75) is 6.18 Å². The second-order valence-electron chi connectivity index (χ2n) is 6.45. The quantitative estimate of drug-likeness (QED) is 0.173. The van der Waals surface area contributed by atoms with Crippen LogP contribution in [0.3, 0.4) is 0 Å². The van der Waals surface area contributed by atoms with Gasteiger partial charge < -0.3 is 20.9 Å². The highest BCUT2D eigenvalue weighted by atomic mass is 19.4. The molecule has 0 aliphatic rings. The Morgan fingerprint density at radius 2 is 0.914 bits per heavy atom. The van der Waals surface area contributed by atoms with E-state index in [1.54, 1.807) is 0 Å². The summed E-state index contributed by atoms with van der Waals surface area (Å²) in [7, 11) is 0. The van der Waals surface area contributed by atoms with Crippen LogP contribution in [0.4, 0.5) is 64.1 Å². The van der Waals surface area contributed by atoms with Gasteiger partial charge in [0.2, 0.25) is 40.6 Å². The molecule has 0 aliphatic carbocycles. The van der Waals surface area contributed by atoms with Crippen LogP contribution in [0.2, 0.25) is 0 Å². The Morgan fingerprint density at radius 1 is 0.486 bits per heavy atom. The molecule has 3 aromatic carbocycles. The number of alkyl halides is 3. The first-order valence-electron chi connectivity index (χ1n) is 8.57. The number of nitrogen functional groups attached to an aromatic ring is 2. The van der Waals surface area contributed by atoms with Crippen LogP contribution in [0.15, 0.2) is 12.1 Å². The summed E-state index contributed by atoms with van der Waals surface area (Å²) >= 11 is 0. The molecule has 0 spiro atoms. The third-order valence-corrected chi connectivity index (χ3v) is 4.30. The van der Waals surface area contributed by atoms with E-state index in [2.05, 4.69) is 9.47 Å². The van der Waals surface area contributed by atoms with E-state index in [0.29, 0.717) is 0 Å². The van der Waals surface area contributed by atoms with Crippen molar-refractivity contribution in [3.8, 4) is 23.0 Å². The minimum atomic E-state index is -5.53. The Labute approximate surface area is 185 Å². The molecule has 0 fully saturated rings. The van der Waals surface area contributed by atoms with Crippen molar-refractivity contribution in [1.29, 1.82) is 0 Å². The first-order chi connectivity index (χ1) is 16.1. The number of hydrogen-bond donors (Lipinski definition) is 2. The van der Waals surface area contributed by atoms with Crippen LogP contribution in [-0.2, 0) is 6.18 Å². The largest absolute Gasteiger partial charge is 0.448 e. The number of benzene rings is 3. The molecule has 16 heteroatoms. The van der Waals surface area contributed by atoms with Crippen molar-refractivity contribution in [1.82, 2.24) is 0 Å². The molecular formula is C19H6F12N2O2. The van der Waals surface area contributed by atoms with Gasteiger partial charge >= 0.3 is 6.18 Å². The topological polar surface area (TPSA) is 70.5 Å². The lowest BCUT2D eigenvalue weighted by Gasteiger charge is -2.18. The smallest absolute Gasteiger partial charge is 0.420 e. The molecule has 3 aromatic rings. The maximum atomic E-state index is 14.9. The Balaban J connectivity index is 2.24. The van der Waals surface area contributed by atoms with Gasteiger partial charge in [-0.1, -0.05) is 0 Å². The van der Waals surface area contributed by atoms with Crippen LogP contribution in [-0.4, -0.2) is 0 Å². The molecule has 0 aliphatic heterocycles. The Hall–Kier alpha value is -3.98. The molecule has 0 heterocycles. The standard InChI is InChI=1S/C19H6F12N2O2/c20-5-4(34-17-10(25)6(21)8(23)14(32)12(17)27)2-1-3(19(29,30)31)16(5)35-18-11(26)7(22)9(24)15(33)13(18)28/h1-2H,32-33H2. The summed E-state index contributed by atoms with van der Waals surface area (Å²) in [6.07, 6.45) is -5.53. The first kappa shape index (κ1) is 25.6. The molecule has 3 rings (SSSR count). The lowest BCUT2D eigenvalue weighted by molar-refractivity contribution is -0.138. The summed E-state index contributed by atoms with van der Waals surface area (Å²) in [5, 5.41) is 0.